The number of ketones is 1. The number of hydrogen-bond acceptors (Lipinski definition) is 3. The van der Waals surface area contributed by atoms with E-state index >= 15 is 0 Å². The van der Waals surface area contributed by atoms with Gasteiger partial charge in [-0.15, -0.1) is 0 Å². The molecule has 0 radical (unpaired) electrons. The molecule has 0 atom stereocenters. The highest BCUT2D eigenvalue weighted by Gasteiger charge is 2.32. The first-order chi connectivity index (χ1) is 16.2. The van der Waals surface area contributed by atoms with Crippen molar-refractivity contribution in [2.24, 2.45) is 5.92 Å². The van der Waals surface area contributed by atoms with E-state index in [1.54, 1.807) is 6.07 Å². The van der Waals surface area contributed by atoms with Crippen LogP contribution in [0.25, 0.3) is 16.3 Å². The number of rotatable bonds is 7. The van der Waals surface area contributed by atoms with Crippen LogP contribution in [0.2, 0.25) is 0 Å². The summed E-state index contributed by atoms with van der Waals surface area (Å²) < 4.78 is 27.8. The first-order valence-corrected chi connectivity index (χ1v) is 13.4. The van der Waals surface area contributed by atoms with Crippen LogP contribution < -0.4 is 0 Å². The standard InChI is InChI=1S/C29H33NO3S/c1-5-21(3)25-9-10-26-17-23(7-8-27(26)19-25)18-28(31)24-12-14-30(15-13-24)34(32,33)29-11-6-20(2)16-22(29)4/h6-11,16-17,19,24H,3,5,12-15,18H2,1-2,4H3. The molecule has 0 N–H and O–H groups in total. The Labute approximate surface area is 203 Å². The molecule has 4 rings (SSSR count). The van der Waals surface area contributed by atoms with E-state index in [2.05, 4.69) is 43.8 Å². The van der Waals surface area contributed by atoms with E-state index in [0.717, 1.165) is 45.0 Å². The van der Waals surface area contributed by atoms with Gasteiger partial charge < -0.3 is 0 Å². The van der Waals surface area contributed by atoms with Crippen molar-refractivity contribution in [2.45, 2.75) is 51.3 Å². The van der Waals surface area contributed by atoms with Crippen LogP contribution in [0.3, 0.4) is 0 Å². The number of piperidine rings is 1. The van der Waals surface area contributed by atoms with Crippen molar-refractivity contribution in [3.05, 3.63) is 83.4 Å². The number of hydrogen-bond donors (Lipinski definition) is 0. The molecular formula is C29H33NO3S. The van der Waals surface area contributed by atoms with Crippen molar-refractivity contribution in [2.75, 3.05) is 13.1 Å². The van der Waals surface area contributed by atoms with Crippen molar-refractivity contribution in [3.8, 4) is 0 Å². The molecule has 1 aliphatic rings. The van der Waals surface area contributed by atoms with Gasteiger partial charge in [0.05, 0.1) is 4.90 Å². The molecule has 0 aromatic heterocycles. The largest absolute Gasteiger partial charge is 0.299 e. The van der Waals surface area contributed by atoms with E-state index < -0.39 is 10.0 Å². The fourth-order valence-electron chi connectivity index (χ4n) is 4.82. The van der Waals surface area contributed by atoms with E-state index in [1.165, 1.54) is 4.31 Å². The summed E-state index contributed by atoms with van der Waals surface area (Å²) in [5.74, 6) is 0.0930. The van der Waals surface area contributed by atoms with E-state index in [4.69, 9.17) is 0 Å². The van der Waals surface area contributed by atoms with Crippen LogP contribution in [-0.2, 0) is 21.2 Å². The number of allylic oxidation sites excluding steroid dienone is 1. The van der Waals surface area contributed by atoms with Gasteiger partial charge in [-0.05, 0) is 78.3 Å². The van der Waals surface area contributed by atoms with Gasteiger partial charge in [0.1, 0.15) is 5.78 Å². The molecule has 0 amide bonds. The molecule has 1 heterocycles. The summed E-state index contributed by atoms with van der Waals surface area (Å²) in [7, 11) is -3.54. The summed E-state index contributed by atoms with van der Waals surface area (Å²) >= 11 is 0. The zero-order chi connectivity index (χ0) is 24.5. The maximum absolute atomic E-state index is 13.1. The first kappa shape index (κ1) is 24.4. The molecule has 5 heteroatoms. The lowest BCUT2D eigenvalue weighted by Crippen LogP contribution is -2.40. The third kappa shape index (κ3) is 5.01. The number of carbonyl (C=O) groups is 1. The fourth-order valence-corrected chi connectivity index (χ4v) is 6.50. The molecule has 0 aliphatic carbocycles. The number of benzene rings is 3. The summed E-state index contributed by atoms with van der Waals surface area (Å²) in [6.07, 6.45) is 2.44. The van der Waals surface area contributed by atoms with Crippen molar-refractivity contribution >= 4 is 32.2 Å². The Balaban J connectivity index is 1.40. The number of aryl methyl sites for hydroxylation is 2. The second-order valence-corrected chi connectivity index (χ2v) is 11.4. The van der Waals surface area contributed by atoms with Crippen molar-refractivity contribution in [1.82, 2.24) is 4.31 Å². The van der Waals surface area contributed by atoms with Gasteiger partial charge in [0.15, 0.2) is 0 Å². The summed E-state index contributed by atoms with van der Waals surface area (Å²) in [6.45, 7) is 10.8. The van der Waals surface area contributed by atoms with Crippen LogP contribution in [0.4, 0.5) is 0 Å². The Kier molecular flexibility index (Phi) is 7.06. The van der Waals surface area contributed by atoms with Crippen LogP contribution in [-0.4, -0.2) is 31.6 Å². The maximum atomic E-state index is 13.1. The van der Waals surface area contributed by atoms with E-state index in [-0.39, 0.29) is 11.7 Å². The zero-order valence-corrected chi connectivity index (χ0v) is 21.1. The second-order valence-electron chi connectivity index (χ2n) is 9.44. The Morgan fingerprint density at radius 1 is 0.971 bits per heavy atom. The molecule has 0 unspecified atom stereocenters. The van der Waals surface area contributed by atoms with Gasteiger partial charge in [0, 0.05) is 25.4 Å². The average Bonchev–Trinajstić information content (AvgIpc) is 2.83. The van der Waals surface area contributed by atoms with Crippen LogP contribution in [0.15, 0.2) is 66.1 Å². The molecule has 34 heavy (non-hydrogen) atoms. The fraction of sp³-hybridized carbons (Fsp3) is 0.345. The minimum Gasteiger partial charge on any atom is -0.299 e. The molecule has 4 nitrogen and oxygen atoms in total. The summed E-state index contributed by atoms with van der Waals surface area (Å²) in [5.41, 5.74) is 5.08. The highest BCUT2D eigenvalue weighted by Crippen LogP contribution is 2.28. The maximum Gasteiger partial charge on any atom is 0.243 e. The molecule has 3 aromatic rings. The van der Waals surface area contributed by atoms with Gasteiger partial charge in [-0.3, -0.25) is 4.79 Å². The molecule has 1 saturated heterocycles. The van der Waals surface area contributed by atoms with Gasteiger partial charge >= 0.3 is 0 Å². The van der Waals surface area contributed by atoms with Crippen LogP contribution in [0.1, 0.15) is 48.4 Å². The van der Waals surface area contributed by atoms with Gasteiger partial charge in [-0.25, -0.2) is 8.42 Å². The highest BCUT2D eigenvalue weighted by molar-refractivity contribution is 7.89. The molecule has 1 aliphatic heterocycles. The topological polar surface area (TPSA) is 54.5 Å². The SMILES string of the molecule is C=C(CC)c1ccc2cc(CC(=O)C3CCN(S(=O)(=O)c4ccc(C)cc4C)CC3)ccc2c1. The lowest BCUT2D eigenvalue weighted by atomic mass is 9.89. The number of sulfonamides is 1. The summed E-state index contributed by atoms with van der Waals surface area (Å²) in [4.78, 5) is 13.4. The van der Waals surface area contributed by atoms with Crippen molar-refractivity contribution in [1.29, 1.82) is 0 Å². The normalized spacial score (nSPS) is 15.5. The van der Waals surface area contributed by atoms with Gasteiger partial charge in [-0.2, -0.15) is 4.31 Å². The quantitative estimate of drug-likeness (QED) is 0.415. The lowest BCUT2D eigenvalue weighted by molar-refractivity contribution is -0.123. The van der Waals surface area contributed by atoms with Crippen LogP contribution in [0, 0.1) is 19.8 Å². The van der Waals surface area contributed by atoms with Gasteiger partial charge in [0.25, 0.3) is 0 Å². The Morgan fingerprint density at radius 3 is 2.32 bits per heavy atom. The molecule has 0 saturated carbocycles. The highest BCUT2D eigenvalue weighted by atomic mass is 32.2. The predicted molar refractivity (Wildman–Crippen MR) is 139 cm³/mol. The zero-order valence-electron chi connectivity index (χ0n) is 20.3. The number of Topliss-reactive ketones (excluding diaryl/α,β-unsaturated/α-hetero) is 1. The van der Waals surface area contributed by atoms with Gasteiger partial charge in [0.2, 0.25) is 10.0 Å². The van der Waals surface area contributed by atoms with Crippen LogP contribution >= 0.6 is 0 Å². The van der Waals surface area contributed by atoms with Crippen molar-refractivity contribution in [3.63, 3.8) is 0 Å². The number of nitrogens with zero attached hydrogens (tertiary/aromatic N) is 1. The van der Waals surface area contributed by atoms with Crippen LogP contribution in [0.5, 0.6) is 0 Å². The van der Waals surface area contributed by atoms with E-state index in [9.17, 15) is 13.2 Å². The third-order valence-electron chi connectivity index (χ3n) is 6.98. The summed E-state index contributed by atoms with van der Waals surface area (Å²) in [5, 5.41) is 2.26. The minimum absolute atomic E-state index is 0.100. The number of fused-ring (bicyclic) bond motifs is 1. The third-order valence-corrected chi connectivity index (χ3v) is 9.03. The second kappa shape index (κ2) is 9.85. The molecule has 0 bridgehead atoms. The van der Waals surface area contributed by atoms with Crippen molar-refractivity contribution < 1.29 is 13.2 Å². The average molecular weight is 476 g/mol. The minimum atomic E-state index is -3.54. The summed E-state index contributed by atoms with van der Waals surface area (Å²) in [6, 6.07) is 17.9. The first-order valence-electron chi connectivity index (χ1n) is 12.0. The molecule has 0 spiro atoms. The Hall–Kier alpha value is -2.76. The van der Waals surface area contributed by atoms with E-state index in [0.29, 0.717) is 37.2 Å². The monoisotopic (exact) mass is 475 g/mol. The van der Waals surface area contributed by atoms with E-state index in [1.807, 2.05) is 32.0 Å². The lowest BCUT2D eigenvalue weighted by Gasteiger charge is -2.31. The Morgan fingerprint density at radius 2 is 1.65 bits per heavy atom. The smallest absolute Gasteiger partial charge is 0.243 e. The molecule has 1 fully saturated rings. The molecule has 178 valence electrons. The molecular weight excluding hydrogens is 442 g/mol. The predicted octanol–water partition coefficient (Wildman–Crippen LogP) is 6.09. The van der Waals surface area contributed by atoms with Gasteiger partial charge in [-0.1, -0.05) is 61.5 Å². The Bertz CT molecular complexity index is 1350. The molecule has 3 aromatic carbocycles. The number of carbonyl (C=O) groups excluding carboxylic acids is 1.